The van der Waals surface area contributed by atoms with E-state index in [1.54, 1.807) is 13.8 Å². The fourth-order valence-corrected chi connectivity index (χ4v) is 3.52. The SMILES string of the molecule is C.C.CC(CNS(=O)(=O)C(C)C)c1ccc(OCCSC(C)(C)C)cc1. The molecule has 1 unspecified atom stereocenters. The lowest BCUT2D eigenvalue weighted by Gasteiger charge is -2.18. The summed E-state index contributed by atoms with van der Waals surface area (Å²) < 4.78 is 32.3. The van der Waals surface area contributed by atoms with Gasteiger partial charge in [-0.3, -0.25) is 0 Å². The van der Waals surface area contributed by atoms with Crippen LogP contribution in [0.15, 0.2) is 24.3 Å². The van der Waals surface area contributed by atoms with E-state index in [1.165, 1.54) is 0 Å². The molecule has 0 spiro atoms. The first-order valence-electron chi connectivity index (χ1n) is 8.36. The molecule has 1 aromatic carbocycles. The maximum Gasteiger partial charge on any atom is 0.213 e. The van der Waals surface area contributed by atoms with Gasteiger partial charge in [0.1, 0.15) is 5.75 Å². The van der Waals surface area contributed by atoms with Gasteiger partial charge in [0, 0.05) is 17.0 Å². The minimum Gasteiger partial charge on any atom is -0.493 e. The van der Waals surface area contributed by atoms with Crippen molar-refractivity contribution in [3.05, 3.63) is 29.8 Å². The summed E-state index contributed by atoms with van der Waals surface area (Å²) >= 11 is 1.88. The van der Waals surface area contributed by atoms with E-state index in [9.17, 15) is 8.42 Å². The zero-order valence-corrected chi connectivity index (χ0v) is 17.3. The summed E-state index contributed by atoms with van der Waals surface area (Å²) in [6.07, 6.45) is 0. The van der Waals surface area contributed by atoms with Crippen molar-refractivity contribution in [2.24, 2.45) is 0 Å². The summed E-state index contributed by atoms with van der Waals surface area (Å²) in [5.74, 6) is 1.92. The molecule has 154 valence electrons. The predicted molar refractivity (Wildman–Crippen MR) is 118 cm³/mol. The Morgan fingerprint density at radius 3 is 2.08 bits per heavy atom. The highest BCUT2D eigenvalue weighted by Gasteiger charge is 2.17. The van der Waals surface area contributed by atoms with Crippen LogP contribution in [0.25, 0.3) is 0 Å². The highest BCUT2D eigenvalue weighted by atomic mass is 32.2. The van der Waals surface area contributed by atoms with E-state index in [4.69, 9.17) is 4.74 Å². The topological polar surface area (TPSA) is 55.4 Å². The normalized spacial score (nSPS) is 12.9. The standard InChI is InChI=1S/C18H31NO3S2.2CH4/c1-14(2)24(20,21)19-13-15(3)16-7-9-17(10-8-16)22-11-12-23-18(4,5)6;;/h7-10,14-15,19H,11-13H2,1-6H3;2*1H4. The zero-order valence-electron chi connectivity index (χ0n) is 15.6. The second-order valence-electron chi connectivity index (χ2n) is 7.22. The number of ether oxygens (including phenoxy) is 1. The lowest BCUT2D eigenvalue weighted by molar-refractivity contribution is 0.343. The monoisotopic (exact) mass is 405 g/mol. The molecule has 1 N–H and O–H groups in total. The Morgan fingerprint density at radius 2 is 1.62 bits per heavy atom. The Hall–Kier alpha value is -0.720. The van der Waals surface area contributed by atoms with E-state index >= 15 is 0 Å². The summed E-state index contributed by atoms with van der Waals surface area (Å²) in [7, 11) is -3.21. The van der Waals surface area contributed by atoms with Crippen LogP contribution < -0.4 is 9.46 Å². The Bertz CT molecular complexity index is 590. The summed E-state index contributed by atoms with van der Waals surface area (Å²) in [5.41, 5.74) is 1.10. The molecule has 0 aliphatic carbocycles. The average molecular weight is 406 g/mol. The lowest BCUT2D eigenvalue weighted by Crippen LogP contribution is -2.33. The van der Waals surface area contributed by atoms with Gasteiger partial charge in [-0.05, 0) is 37.5 Å². The molecule has 1 rings (SSSR count). The molecule has 0 aliphatic rings. The number of hydrogen-bond acceptors (Lipinski definition) is 4. The molecule has 0 saturated carbocycles. The average Bonchev–Trinajstić information content (AvgIpc) is 2.49. The first kappa shape index (κ1) is 27.5. The van der Waals surface area contributed by atoms with Gasteiger partial charge in [-0.15, -0.1) is 0 Å². The molecule has 26 heavy (non-hydrogen) atoms. The van der Waals surface area contributed by atoms with Crippen LogP contribution in [0.2, 0.25) is 0 Å². The van der Waals surface area contributed by atoms with Gasteiger partial charge in [0.15, 0.2) is 0 Å². The van der Waals surface area contributed by atoms with E-state index in [1.807, 2.05) is 43.0 Å². The maximum absolute atomic E-state index is 11.8. The van der Waals surface area contributed by atoms with Crippen molar-refractivity contribution in [1.29, 1.82) is 0 Å². The van der Waals surface area contributed by atoms with Crippen LogP contribution in [0.1, 0.15) is 67.9 Å². The van der Waals surface area contributed by atoms with E-state index in [0.29, 0.717) is 13.2 Å². The molecule has 0 fully saturated rings. The van der Waals surface area contributed by atoms with Gasteiger partial charge in [0.25, 0.3) is 0 Å². The Morgan fingerprint density at radius 1 is 1.08 bits per heavy atom. The van der Waals surface area contributed by atoms with E-state index < -0.39 is 15.3 Å². The zero-order chi connectivity index (χ0) is 18.4. The van der Waals surface area contributed by atoms with E-state index in [-0.39, 0.29) is 25.5 Å². The summed E-state index contributed by atoms with van der Waals surface area (Å²) in [6.45, 7) is 13.0. The van der Waals surface area contributed by atoms with Crippen molar-refractivity contribution in [3.63, 3.8) is 0 Å². The van der Waals surface area contributed by atoms with Crippen molar-refractivity contribution in [1.82, 2.24) is 4.72 Å². The van der Waals surface area contributed by atoms with Gasteiger partial charge in [0.2, 0.25) is 10.0 Å². The molecule has 0 amide bonds. The minimum absolute atomic E-state index is 0. The third kappa shape index (κ3) is 10.4. The Kier molecular flexibility index (Phi) is 12.6. The molecule has 0 saturated heterocycles. The third-order valence-corrected chi connectivity index (χ3v) is 6.59. The maximum atomic E-state index is 11.8. The fraction of sp³-hybridized carbons (Fsp3) is 0.700. The number of nitrogens with one attached hydrogen (secondary N) is 1. The molecule has 1 aromatic rings. The van der Waals surface area contributed by atoms with Gasteiger partial charge in [-0.2, -0.15) is 11.8 Å². The summed E-state index contributed by atoms with van der Waals surface area (Å²) in [4.78, 5) is 0. The summed E-state index contributed by atoms with van der Waals surface area (Å²) in [6, 6.07) is 7.90. The van der Waals surface area contributed by atoms with Crippen molar-refractivity contribution in [2.75, 3.05) is 18.9 Å². The van der Waals surface area contributed by atoms with Crippen molar-refractivity contribution >= 4 is 21.8 Å². The van der Waals surface area contributed by atoms with E-state index in [2.05, 4.69) is 25.5 Å². The Balaban J connectivity index is 0. The quantitative estimate of drug-likeness (QED) is 0.566. The predicted octanol–water partition coefficient (Wildman–Crippen LogP) is 5.30. The fourth-order valence-electron chi connectivity index (χ4n) is 1.93. The van der Waals surface area contributed by atoms with Crippen molar-refractivity contribution in [2.45, 2.75) is 72.3 Å². The third-order valence-electron chi connectivity index (χ3n) is 3.55. The molecule has 0 aliphatic heterocycles. The van der Waals surface area contributed by atoms with Crippen LogP contribution in [0.3, 0.4) is 0 Å². The largest absolute Gasteiger partial charge is 0.493 e. The number of thioether (sulfide) groups is 1. The first-order valence-corrected chi connectivity index (χ1v) is 10.9. The van der Waals surface area contributed by atoms with Crippen LogP contribution in [-0.2, 0) is 10.0 Å². The molecular weight excluding hydrogens is 366 g/mol. The number of rotatable bonds is 9. The van der Waals surface area contributed by atoms with Gasteiger partial charge in [-0.1, -0.05) is 54.7 Å². The molecular formula is C20H39NO3S2. The van der Waals surface area contributed by atoms with E-state index in [0.717, 1.165) is 17.1 Å². The number of benzene rings is 1. The molecule has 0 radical (unpaired) electrons. The molecule has 1 atom stereocenters. The van der Waals surface area contributed by atoms with Crippen LogP contribution in [0.5, 0.6) is 5.75 Å². The number of hydrogen-bond donors (Lipinski definition) is 1. The molecule has 6 heteroatoms. The van der Waals surface area contributed by atoms with Crippen LogP contribution in [0.4, 0.5) is 0 Å². The van der Waals surface area contributed by atoms with Crippen molar-refractivity contribution in [3.8, 4) is 5.75 Å². The van der Waals surface area contributed by atoms with Crippen LogP contribution in [0, 0.1) is 0 Å². The molecule has 0 heterocycles. The van der Waals surface area contributed by atoms with Crippen LogP contribution in [-0.4, -0.2) is 37.3 Å². The summed E-state index contributed by atoms with van der Waals surface area (Å²) in [5, 5.41) is -0.411. The second kappa shape index (κ2) is 11.9. The van der Waals surface area contributed by atoms with Crippen LogP contribution >= 0.6 is 11.8 Å². The van der Waals surface area contributed by atoms with Gasteiger partial charge < -0.3 is 4.74 Å². The highest BCUT2D eigenvalue weighted by Crippen LogP contribution is 2.23. The second-order valence-corrected chi connectivity index (χ2v) is 11.5. The highest BCUT2D eigenvalue weighted by molar-refractivity contribution is 8.00. The van der Waals surface area contributed by atoms with Gasteiger partial charge in [-0.25, -0.2) is 13.1 Å². The molecule has 0 aromatic heterocycles. The number of sulfonamides is 1. The van der Waals surface area contributed by atoms with Gasteiger partial charge >= 0.3 is 0 Å². The Labute approximate surface area is 166 Å². The van der Waals surface area contributed by atoms with Gasteiger partial charge in [0.05, 0.1) is 11.9 Å². The molecule has 0 bridgehead atoms. The van der Waals surface area contributed by atoms with Crippen molar-refractivity contribution < 1.29 is 13.2 Å². The smallest absolute Gasteiger partial charge is 0.213 e. The first-order chi connectivity index (χ1) is 11.0. The minimum atomic E-state index is -3.21. The molecule has 4 nitrogen and oxygen atoms in total. The lowest BCUT2D eigenvalue weighted by atomic mass is 10.0.